The first-order valence-corrected chi connectivity index (χ1v) is 13.2. The largest absolute Gasteiger partial charge is 0.347 e. The van der Waals surface area contributed by atoms with Gasteiger partial charge in [0.25, 0.3) is 0 Å². The van der Waals surface area contributed by atoms with Crippen LogP contribution in [-0.4, -0.2) is 17.7 Å². The molecule has 178 valence electrons. The maximum absolute atomic E-state index is 6.73. The second-order valence-corrected chi connectivity index (χ2v) is 10.9. The summed E-state index contributed by atoms with van der Waals surface area (Å²) in [6.07, 6.45) is 0.648. The van der Waals surface area contributed by atoms with E-state index in [4.69, 9.17) is 51.5 Å². The highest BCUT2D eigenvalue weighted by molar-refractivity contribution is 7.16. The van der Waals surface area contributed by atoms with Crippen molar-refractivity contribution in [2.45, 2.75) is 19.0 Å². The summed E-state index contributed by atoms with van der Waals surface area (Å²) in [4.78, 5) is 7.73. The molecule has 1 atom stereocenters. The van der Waals surface area contributed by atoms with Crippen molar-refractivity contribution >= 4 is 74.3 Å². The molecule has 2 heterocycles. The van der Waals surface area contributed by atoms with Crippen LogP contribution in [0.4, 0.5) is 10.8 Å². The van der Waals surface area contributed by atoms with E-state index in [0.717, 1.165) is 33.5 Å². The third-order valence-electron chi connectivity index (χ3n) is 5.69. The highest BCUT2D eigenvalue weighted by Gasteiger charge is 2.34. The van der Waals surface area contributed by atoms with Gasteiger partial charge >= 0.3 is 0 Å². The molecule has 0 aliphatic carbocycles. The Balaban J connectivity index is 1.50. The predicted molar refractivity (Wildman–Crippen MR) is 150 cm³/mol. The number of hydrazone groups is 1. The fourth-order valence-corrected chi connectivity index (χ4v) is 6.05. The highest BCUT2D eigenvalue weighted by Crippen LogP contribution is 2.44. The molecule has 4 nitrogen and oxygen atoms in total. The summed E-state index contributed by atoms with van der Waals surface area (Å²) in [6.45, 7) is 0.731. The molecular formula is C26H20Cl4N4S. The topological polar surface area (TPSA) is 31.7 Å². The molecule has 1 aromatic heterocycles. The molecule has 0 N–H and O–H groups in total. The number of hydrogen-bond acceptors (Lipinski definition) is 5. The van der Waals surface area contributed by atoms with Crippen molar-refractivity contribution < 1.29 is 0 Å². The van der Waals surface area contributed by atoms with Crippen molar-refractivity contribution in [3.63, 3.8) is 0 Å². The first kappa shape index (κ1) is 24.4. The van der Waals surface area contributed by atoms with Crippen LogP contribution in [0, 0.1) is 0 Å². The normalized spacial score (nSPS) is 15.4. The zero-order valence-corrected chi connectivity index (χ0v) is 22.5. The molecule has 0 amide bonds. The third kappa shape index (κ3) is 5.45. The Morgan fingerprint density at radius 2 is 1.60 bits per heavy atom. The summed E-state index contributed by atoms with van der Waals surface area (Å²) >= 11 is 27.1. The molecule has 5 rings (SSSR count). The Labute approximate surface area is 228 Å². The first-order valence-electron chi connectivity index (χ1n) is 10.9. The van der Waals surface area contributed by atoms with Crippen molar-refractivity contribution in [3.05, 3.63) is 109 Å². The molecule has 1 aliphatic rings. The van der Waals surface area contributed by atoms with Crippen LogP contribution in [0.2, 0.25) is 20.2 Å². The van der Waals surface area contributed by atoms with E-state index in [1.807, 2.05) is 66.7 Å². The molecule has 0 fully saturated rings. The van der Waals surface area contributed by atoms with Crippen LogP contribution in [0.25, 0.3) is 0 Å². The minimum Gasteiger partial charge on any atom is -0.347 e. The average Bonchev–Trinajstić information content (AvgIpc) is 3.43. The Bertz CT molecular complexity index is 1350. The van der Waals surface area contributed by atoms with E-state index in [2.05, 4.69) is 22.0 Å². The molecule has 0 saturated heterocycles. The van der Waals surface area contributed by atoms with Gasteiger partial charge in [0, 0.05) is 35.1 Å². The smallest absolute Gasteiger partial charge is 0.187 e. The molecule has 1 unspecified atom stereocenters. The lowest BCUT2D eigenvalue weighted by molar-refractivity contribution is 0.720. The SMILES string of the molecule is CN(Cc1ccccc1)c1nc(Cl)c(C2CC(c3ccc(Cl)cc3)=NN2c2cc(Cl)cc(Cl)c2)s1. The molecule has 35 heavy (non-hydrogen) atoms. The number of rotatable bonds is 6. The minimum atomic E-state index is -0.154. The fourth-order valence-electron chi connectivity index (χ4n) is 4.04. The molecule has 0 radical (unpaired) electrons. The van der Waals surface area contributed by atoms with Gasteiger partial charge in [0.15, 0.2) is 5.13 Å². The van der Waals surface area contributed by atoms with E-state index in [1.54, 1.807) is 17.4 Å². The maximum Gasteiger partial charge on any atom is 0.187 e. The summed E-state index contributed by atoms with van der Waals surface area (Å²) in [5.74, 6) is 0. The van der Waals surface area contributed by atoms with E-state index in [-0.39, 0.29) is 6.04 Å². The zero-order chi connectivity index (χ0) is 24.5. The van der Waals surface area contributed by atoms with Gasteiger partial charge in [-0.3, -0.25) is 5.01 Å². The molecular weight excluding hydrogens is 542 g/mol. The molecule has 0 bridgehead atoms. The molecule has 0 saturated carbocycles. The number of halogens is 4. The molecule has 1 aliphatic heterocycles. The van der Waals surface area contributed by atoms with E-state index in [1.165, 1.54) is 5.56 Å². The monoisotopic (exact) mass is 560 g/mol. The summed E-state index contributed by atoms with van der Waals surface area (Å²) in [6, 6.07) is 23.2. The van der Waals surface area contributed by atoms with Gasteiger partial charge in [0.1, 0.15) is 5.15 Å². The van der Waals surface area contributed by atoms with E-state index in [9.17, 15) is 0 Å². The van der Waals surface area contributed by atoms with Crippen molar-refractivity contribution in [2.75, 3.05) is 17.0 Å². The molecule has 4 aromatic rings. The highest BCUT2D eigenvalue weighted by atomic mass is 35.5. The Hall–Kier alpha value is -2.28. The number of benzene rings is 3. The van der Waals surface area contributed by atoms with Crippen LogP contribution in [0.1, 0.15) is 28.5 Å². The third-order valence-corrected chi connectivity index (χ3v) is 8.05. The van der Waals surface area contributed by atoms with Gasteiger partial charge in [0.05, 0.1) is 22.3 Å². The quantitative estimate of drug-likeness (QED) is 0.236. The lowest BCUT2D eigenvalue weighted by Gasteiger charge is -2.23. The van der Waals surface area contributed by atoms with Gasteiger partial charge in [-0.25, -0.2) is 4.98 Å². The van der Waals surface area contributed by atoms with Crippen LogP contribution in [0.5, 0.6) is 0 Å². The van der Waals surface area contributed by atoms with E-state index < -0.39 is 0 Å². The summed E-state index contributed by atoms with van der Waals surface area (Å²) in [5, 5.41) is 9.97. The lowest BCUT2D eigenvalue weighted by atomic mass is 10.0. The number of thiazole rings is 1. The van der Waals surface area contributed by atoms with Gasteiger partial charge in [-0.2, -0.15) is 5.10 Å². The van der Waals surface area contributed by atoms with Gasteiger partial charge in [-0.15, -0.1) is 0 Å². The Morgan fingerprint density at radius 1 is 0.914 bits per heavy atom. The lowest BCUT2D eigenvalue weighted by Crippen LogP contribution is -2.18. The molecule has 3 aromatic carbocycles. The predicted octanol–water partition coefficient (Wildman–Crippen LogP) is 8.75. The van der Waals surface area contributed by atoms with Crippen LogP contribution in [-0.2, 0) is 6.54 Å². The second kappa shape index (κ2) is 10.4. The van der Waals surface area contributed by atoms with Crippen molar-refractivity contribution in [1.29, 1.82) is 0 Å². The van der Waals surface area contributed by atoms with Crippen molar-refractivity contribution in [1.82, 2.24) is 4.98 Å². The summed E-state index contributed by atoms with van der Waals surface area (Å²) in [7, 11) is 2.02. The number of aromatic nitrogens is 1. The van der Waals surface area contributed by atoms with Crippen molar-refractivity contribution in [2.24, 2.45) is 5.10 Å². The minimum absolute atomic E-state index is 0.154. The number of nitrogens with zero attached hydrogens (tertiary/aromatic N) is 4. The average molecular weight is 562 g/mol. The fraction of sp³-hybridized carbons (Fsp3) is 0.154. The van der Waals surface area contributed by atoms with Crippen molar-refractivity contribution in [3.8, 4) is 0 Å². The standard InChI is InChI=1S/C26H20Cl4N4S/c1-33(15-16-5-3-2-4-6-16)26-31-25(30)24(35-26)23-14-22(17-7-9-18(27)10-8-17)32-34(23)21-12-19(28)11-20(29)13-21/h2-13,23H,14-15H2,1H3. The van der Waals surface area contributed by atoms with Gasteiger partial charge in [-0.05, 0) is 41.5 Å². The Morgan fingerprint density at radius 3 is 2.29 bits per heavy atom. The second-order valence-electron chi connectivity index (χ2n) is 8.24. The zero-order valence-electron chi connectivity index (χ0n) is 18.6. The van der Waals surface area contributed by atoms with Crippen LogP contribution < -0.4 is 9.91 Å². The van der Waals surface area contributed by atoms with Crippen LogP contribution in [0.15, 0.2) is 77.9 Å². The molecule has 0 spiro atoms. The number of hydrogen-bond donors (Lipinski definition) is 0. The van der Waals surface area contributed by atoms with Gasteiger partial charge in [-0.1, -0.05) is 100 Å². The Kier molecular flexibility index (Phi) is 7.24. The van der Waals surface area contributed by atoms with E-state index in [0.29, 0.717) is 26.6 Å². The van der Waals surface area contributed by atoms with Gasteiger partial charge < -0.3 is 4.90 Å². The van der Waals surface area contributed by atoms with Crippen LogP contribution in [0.3, 0.4) is 0 Å². The maximum atomic E-state index is 6.73. The molecule has 9 heteroatoms. The summed E-state index contributed by atoms with van der Waals surface area (Å²) < 4.78 is 0. The summed E-state index contributed by atoms with van der Waals surface area (Å²) in [5.41, 5.74) is 3.91. The first-order chi connectivity index (χ1) is 16.9. The van der Waals surface area contributed by atoms with E-state index >= 15 is 0 Å². The number of anilines is 2. The van der Waals surface area contributed by atoms with Gasteiger partial charge in [0.2, 0.25) is 0 Å². The van der Waals surface area contributed by atoms with Crippen LogP contribution >= 0.6 is 57.7 Å².